The number of aromatic nitrogens is 1. The Bertz CT molecular complexity index is 1640. The van der Waals surface area contributed by atoms with Crippen molar-refractivity contribution >= 4 is 17.2 Å². The number of amidine groups is 1. The van der Waals surface area contributed by atoms with Gasteiger partial charge >= 0.3 is 18.5 Å². The molecule has 0 amide bonds. The van der Waals surface area contributed by atoms with E-state index in [0.29, 0.717) is 16.1 Å². The molecule has 0 aliphatic carbocycles. The van der Waals surface area contributed by atoms with E-state index in [4.69, 9.17) is 9.47 Å². The minimum Gasteiger partial charge on any atom is -0.483 e. The van der Waals surface area contributed by atoms with Crippen LogP contribution >= 0.6 is 11.3 Å². The molecule has 1 aromatic heterocycles. The average molecular weight is 732 g/mol. The summed E-state index contributed by atoms with van der Waals surface area (Å²) < 4.78 is 145. The van der Waals surface area contributed by atoms with Gasteiger partial charge in [0.2, 0.25) is 0 Å². The Kier molecular flexibility index (Phi) is 10.5. The van der Waals surface area contributed by atoms with Crippen molar-refractivity contribution in [3.05, 3.63) is 63.9 Å². The lowest BCUT2D eigenvalue weighted by atomic mass is 9.96. The van der Waals surface area contributed by atoms with Gasteiger partial charge in [0.15, 0.2) is 24.0 Å². The van der Waals surface area contributed by atoms with Crippen LogP contribution in [0.15, 0.2) is 41.5 Å². The second kappa shape index (κ2) is 14.2. The van der Waals surface area contributed by atoms with Gasteiger partial charge in [-0.3, -0.25) is 4.90 Å². The summed E-state index contributed by atoms with van der Waals surface area (Å²) in [5.41, 5.74) is 1.47. The highest BCUT2D eigenvalue weighted by molar-refractivity contribution is 7.15. The van der Waals surface area contributed by atoms with E-state index in [9.17, 15) is 44.7 Å². The molecule has 5 rings (SSSR count). The molecule has 1 atom stereocenters. The number of hydrogen-bond donors (Lipinski definition) is 2. The van der Waals surface area contributed by atoms with Crippen molar-refractivity contribution in [3.8, 4) is 22.1 Å². The van der Waals surface area contributed by atoms with Crippen LogP contribution in [0, 0.1) is 11.7 Å². The fourth-order valence-electron chi connectivity index (χ4n) is 5.17. The van der Waals surface area contributed by atoms with Gasteiger partial charge in [-0.05, 0) is 55.9 Å². The highest BCUT2D eigenvalue weighted by atomic mass is 32.1. The van der Waals surface area contributed by atoms with Crippen LogP contribution in [0.2, 0.25) is 0 Å². The lowest BCUT2D eigenvalue weighted by molar-refractivity contribution is -0.345. The molecule has 2 aromatic carbocycles. The molecule has 2 aliphatic heterocycles. The van der Waals surface area contributed by atoms with Gasteiger partial charge in [-0.2, -0.15) is 39.5 Å². The number of hydrogen-bond acceptors (Lipinski definition) is 10. The lowest BCUT2D eigenvalue weighted by Gasteiger charge is -2.32. The quantitative estimate of drug-likeness (QED) is 0.203. The Morgan fingerprint density at radius 3 is 2.24 bits per heavy atom. The van der Waals surface area contributed by atoms with Crippen molar-refractivity contribution in [2.24, 2.45) is 11.0 Å². The Balaban J connectivity index is 1.48. The molecule has 3 aromatic rings. The van der Waals surface area contributed by atoms with E-state index < -0.39 is 65.9 Å². The van der Waals surface area contributed by atoms with E-state index in [2.05, 4.69) is 20.5 Å². The van der Waals surface area contributed by atoms with E-state index in [1.165, 1.54) is 12.1 Å². The van der Waals surface area contributed by atoms with Gasteiger partial charge in [0.25, 0.3) is 0 Å². The van der Waals surface area contributed by atoms with E-state index in [0.717, 1.165) is 35.6 Å². The number of benzene rings is 2. The second-order valence-electron chi connectivity index (χ2n) is 11.1. The summed E-state index contributed by atoms with van der Waals surface area (Å²) in [5, 5.41) is 13.0. The maximum absolute atomic E-state index is 15.5. The summed E-state index contributed by atoms with van der Waals surface area (Å²) in [7, 11) is 0. The van der Waals surface area contributed by atoms with Gasteiger partial charge in [0, 0.05) is 18.2 Å². The first kappa shape index (κ1) is 36.4. The van der Waals surface area contributed by atoms with Crippen molar-refractivity contribution in [1.82, 2.24) is 20.7 Å². The van der Waals surface area contributed by atoms with Gasteiger partial charge < -0.3 is 9.47 Å². The molecule has 49 heavy (non-hydrogen) atoms. The summed E-state index contributed by atoms with van der Waals surface area (Å²) in [6.45, 7) is 0.0777. The lowest BCUT2D eigenvalue weighted by Crippen LogP contribution is -2.38. The average Bonchev–Trinajstić information content (AvgIpc) is 3.65. The topological polar surface area (TPSA) is 91.7 Å². The van der Waals surface area contributed by atoms with Gasteiger partial charge in [-0.1, -0.05) is 19.1 Å². The van der Waals surface area contributed by atoms with Crippen LogP contribution in [0.5, 0.6) is 11.5 Å². The van der Waals surface area contributed by atoms with Crippen molar-refractivity contribution in [2.75, 3.05) is 19.7 Å². The van der Waals surface area contributed by atoms with Crippen molar-refractivity contribution in [1.29, 1.82) is 0 Å². The zero-order valence-electron chi connectivity index (χ0n) is 25.2. The highest BCUT2D eigenvalue weighted by Gasteiger charge is 2.41. The Morgan fingerprint density at radius 2 is 1.69 bits per heavy atom. The van der Waals surface area contributed by atoms with E-state index in [1.807, 2.05) is 0 Å². The minimum absolute atomic E-state index is 0.0431. The van der Waals surface area contributed by atoms with Crippen LogP contribution in [0.1, 0.15) is 54.0 Å². The van der Waals surface area contributed by atoms with Gasteiger partial charge in [0.05, 0.1) is 27.6 Å². The summed E-state index contributed by atoms with van der Waals surface area (Å²) in [5.74, 6) is -4.02. The molecule has 1 saturated heterocycles. The van der Waals surface area contributed by atoms with Crippen LogP contribution in [0.3, 0.4) is 0 Å². The van der Waals surface area contributed by atoms with Crippen molar-refractivity contribution in [3.63, 3.8) is 0 Å². The standard InChI is InChI=1S/C29H27F10N5O4S/c1-2-21(47-23-12-22(46-14-27(31,32)33)18(11-19(23)30)25-41-44(45)48-42-25)24-20(13-43-9-7-17(8-10-43)29(37,38)39)40-26(49-24)15-3-5-16(6-4-15)28(34,35)36/h3-6,11-12,17,21,45H,2,7-10,13-14H2,1H3,(H,41,42). The van der Waals surface area contributed by atoms with Crippen molar-refractivity contribution < 1.29 is 63.5 Å². The molecule has 0 saturated carbocycles. The van der Waals surface area contributed by atoms with E-state index in [1.54, 1.807) is 11.8 Å². The molecule has 1 fully saturated rings. The number of rotatable bonds is 10. The first-order valence-electron chi connectivity index (χ1n) is 14.6. The Hall–Kier alpha value is -3.88. The summed E-state index contributed by atoms with van der Waals surface area (Å²) >= 11 is 1.01. The molecule has 0 radical (unpaired) electrons. The predicted molar refractivity (Wildman–Crippen MR) is 153 cm³/mol. The number of alkyl halides is 9. The van der Waals surface area contributed by atoms with Gasteiger partial charge in [-0.15, -0.1) is 21.4 Å². The first-order valence-corrected chi connectivity index (χ1v) is 15.4. The smallest absolute Gasteiger partial charge is 0.422 e. The third-order valence-corrected chi connectivity index (χ3v) is 8.87. The number of halogens is 10. The molecule has 2 aliphatic rings. The zero-order chi connectivity index (χ0) is 35.7. The molecule has 0 bridgehead atoms. The van der Waals surface area contributed by atoms with Gasteiger partial charge in [-0.25, -0.2) is 20.1 Å². The van der Waals surface area contributed by atoms with Crippen LogP contribution in [0.25, 0.3) is 10.6 Å². The monoisotopic (exact) mass is 731 g/mol. The molecular formula is C29H27F10N5O4S. The SMILES string of the molecule is CCC(Oc1cc(OCC(F)(F)F)c(C2=NN(O)ON2)cc1F)c1sc(-c2ccc(C(F)(F)F)cc2)nc1CN1CCC(C(F)(F)F)CC1. The fraction of sp³-hybridized carbons (Fsp3) is 0.448. The van der Waals surface area contributed by atoms with Gasteiger partial charge in [0.1, 0.15) is 16.9 Å². The highest BCUT2D eigenvalue weighted by Crippen LogP contribution is 2.41. The summed E-state index contributed by atoms with van der Waals surface area (Å²) in [6.07, 6.45) is -14.9. The molecule has 9 nitrogen and oxygen atoms in total. The normalized spacial score (nSPS) is 17.2. The molecule has 268 valence electrons. The molecule has 3 heterocycles. The maximum Gasteiger partial charge on any atom is 0.422 e. The number of nitrogens with zero attached hydrogens (tertiary/aromatic N) is 4. The van der Waals surface area contributed by atoms with Crippen LogP contribution in [-0.2, 0) is 17.7 Å². The molecule has 1 unspecified atom stereocenters. The van der Waals surface area contributed by atoms with Crippen LogP contribution in [-0.4, -0.2) is 58.3 Å². The fourth-order valence-corrected chi connectivity index (χ4v) is 6.36. The largest absolute Gasteiger partial charge is 0.483 e. The third-order valence-electron chi connectivity index (χ3n) is 7.63. The summed E-state index contributed by atoms with van der Waals surface area (Å²) in [4.78, 5) is 11.2. The number of piperidine rings is 1. The predicted octanol–water partition coefficient (Wildman–Crippen LogP) is 8.02. The second-order valence-corrected chi connectivity index (χ2v) is 12.1. The van der Waals surface area contributed by atoms with Crippen molar-refractivity contribution in [2.45, 2.75) is 57.4 Å². The number of hydrazone groups is 1. The van der Waals surface area contributed by atoms with E-state index in [-0.39, 0.29) is 54.8 Å². The molecule has 2 N–H and O–H groups in total. The van der Waals surface area contributed by atoms with Crippen LogP contribution < -0.4 is 15.0 Å². The first-order chi connectivity index (χ1) is 22.9. The zero-order valence-corrected chi connectivity index (χ0v) is 26.0. The summed E-state index contributed by atoms with van der Waals surface area (Å²) in [6, 6.07) is 5.76. The Labute approximate surface area is 275 Å². The maximum atomic E-state index is 15.5. The Morgan fingerprint density at radius 1 is 1.02 bits per heavy atom. The molecule has 20 heteroatoms. The minimum atomic E-state index is -4.79. The number of thiazole rings is 1. The molecular weight excluding hydrogens is 704 g/mol. The van der Waals surface area contributed by atoms with Crippen LogP contribution in [0.4, 0.5) is 43.9 Å². The molecule has 0 spiro atoms. The number of ether oxygens (including phenoxy) is 2. The third kappa shape index (κ3) is 9.03. The number of likely N-dealkylation sites (tertiary alicyclic amines) is 1. The number of nitrogens with one attached hydrogen (secondary N) is 1. The van der Waals surface area contributed by atoms with E-state index >= 15 is 4.39 Å². The number of hydroxylamine groups is 1.